The highest BCUT2D eigenvalue weighted by molar-refractivity contribution is 6.32. The van der Waals surface area contributed by atoms with Gasteiger partial charge in [0.15, 0.2) is 0 Å². The molecule has 0 saturated heterocycles. The van der Waals surface area contributed by atoms with E-state index >= 15 is 0 Å². The van der Waals surface area contributed by atoms with Crippen LogP contribution in [0.3, 0.4) is 0 Å². The molecule has 0 aromatic heterocycles. The summed E-state index contributed by atoms with van der Waals surface area (Å²) in [6.45, 7) is 3.62. The van der Waals surface area contributed by atoms with Crippen molar-refractivity contribution < 1.29 is 14.3 Å². The van der Waals surface area contributed by atoms with Gasteiger partial charge in [0.25, 0.3) is 0 Å². The van der Waals surface area contributed by atoms with E-state index in [0.717, 1.165) is 5.56 Å². The molecule has 0 saturated carbocycles. The quantitative estimate of drug-likeness (QED) is 0.536. The van der Waals surface area contributed by atoms with E-state index in [1.807, 2.05) is 19.1 Å². The summed E-state index contributed by atoms with van der Waals surface area (Å²) in [4.78, 5) is 24.3. The first-order valence-electron chi connectivity index (χ1n) is 9.58. The minimum absolute atomic E-state index is 0.136. The number of carbonyl (C=O) groups excluding carboxylic acids is 2. The molecule has 0 aliphatic rings. The second-order valence-corrected chi connectivity index (χ2v) is 7.08. The summed E-state index contributed by atoms with van der Waals surface area (Å²) in [7, 11) is 0. The maximum atomic E-state index is 12.3. The molecule has 0 bridgehead atoms. The highest BCUT2D eigenvalue weighted by Gasteiger charge is 2.16. The van der Waals surface area contributed by atoms with Crippen LogP contribution in [0.5, 0.6) is 0 Å². The van der Waals surface area contributed by atoms with Gasteiger partial charge in [0.05, 0.1) is 29.1 Å². The summed E-state index contributed by atoms with van der Waals surface area (Å²) >= 11 is 5.97. The van der Waals surface area contributed by atoms with E-state index in [0.29, 0.717) is 23.4 Å². The topological polar surface area (TPSA) is 127 Å². The number of nitriles is 2. The number of urea groups is 1. The Hall–Kier alpha value is -3.75. The van der Waals surface area contributed by atoms with Crippen molar-refractivity contribution >= 4 is 35.1 Å². The van der Waals surface area contributed by atoms with Gasteiger partial charge in [-0.1, -0.05) is 30.7 Å². The molecule has 2 aromatic carbocycles. The summed E-state index contributed by atoms with van der Waals surface area (Å²) in [6.07, 6.45) is -0.376. The number of rotatable bonds is 7. The van der Waals surface area contributed by atoms with Crippen molar-refractivity contribution in [3.63, 3.8) is 0 Å². The summed E-state index contributed by atoms with van der Waals surface area (Å²) < 4.78 is 5.24. The average molecular weight is 440 g/mol. The number of anilines is 2. The second-order valence-electron chi connectivity index (χ2n) is 6.67. The number of hydrogen-bond donors (Lipinski definition) is 3. The first kappa shape index (κ1) is 23.5. The number of ether oxygens (including phenoxy) is 1. The van der Waals surface area contributed by atoms with Crippen molar-refractivity contribution in [3.8, 4) is 12.1 Å². The van der Waals surface area contributed by atoms with Crippen molar-refractivity contribution in [2.45, 2.75) is 38.8 Å². The fourth-order valence-electron chi connectivity index (χ4n) is 2.68. The number of alkyl carbamates (subject to hydrolysis) is 1. The Balaban J connectivity index is 1.97. The molecule has 2 aromatic rings. The summed E-state index contributed by atoms with van der Waals surface area (Å²) in [5.74, 6) is 0. The zero-order valence-electron chi connectivity index (χ0n) is 17.1. The smallest absolute Gasteiger partial charge is 0.407 e. The van der Waals surface area contributed by atoms with Gasteiger partial charge in [-0.25, -0.2) is 9.59 Å². The number of hydrogen-bond acceptors (Lipinski definition) is 5. The Morgan fingerprint density at radius 3 is 2.45 bits per heavy atom. The van der Waals surface area contributed by atoms with E-state index in [2.05, 4.69) is 16.0 Å². The number of halogens is 1. The molecular formula is C22H22ClN5O3. The van der Waals surface area contributed by atoms with Crippen LogP contribution in [-0.4, -0.2) is 18.2 Å². The molecule has 31 heavy (non-hydrogen) atoms. The average Bonchev–Trinajstić information content (AvgIpc) is 2.73. The standard InChI is InChI=1S/C22H22ClN5O3/c1-3-19(9-10-24)31-22(30)26-14(2)15-5-4-6-17(11-15)27-21(29)28-18-8-7-16(13-25)20(23)12-18/h4-8,11-12,14,19H,3,9H2,1-2H3,(H,26,30)(H2,27,28,29)/t14-,19?/m0/s1. The zero-order chi connectivity index (χ0) is 22.8. The molecule has 3 amide bonds. The van der Waals surface area contributed by atoms with Gasteiger partial charge >= 0.3 is 12.1 Å². The van der Waals surface area contributed by atoms with Gasteiger partial charge in [-0.05, 0) is 49.2 Å². The van der Waals surface area contributed by atoms with Crippen LogP contribution in [0.4, 0.5) is 21.0 Å². The third-order valence-corrected chi connectivity index (χ3v) is 4.69. The van der Waals surface area contributed by atoms with Gasteiger partial charge in [-0.3, -0.25) is 0 Å². The summed E-state index contributed by atoms with van der Waals surface area (Å²) in [5.41, 5.74) is 2.04. The Bertz CT molecular complexity index is 1030. The molecule has 9 heteroatoms. The second kappa shape index (κ2) is 11.4. The summed E-state index contributed by atoms with van der Waals surface area (Å²) in [5, 5.41) is 26.0. The zero-order valence-corrected chi connectivity index (χ0v) is 17.9. The van der Waals surface area contributed by atoms with Crippen LogP contribution in [0.1, 0.15) is 43.9 Å². The monoisotopic (exact) mass is 439 g/mol. The normalized spacial score (nSPS) is 11.9. The molecule has 0 spiro atoms. The van der Waals surface area contributed by atoms with E-state index < -0.39 is 18.2 Å². The van der Waals surface area contributed by atoms with Gasteiger partial charge in [0.2, 0.25) is 0 Å². The van der Waals surface area contributed by atoms with E-state index in [1.165, 1.54) is 12.1 Å². The maximum Gasteiger partial charge on any atom is 0.407 e. The molecule has 0 radical (unpaired) electrons. The van der Waals surface area contributed by atoms with Crippen molar-refractivity contribution in [2.24, 2.45) is 0 Å². The number of nitrogens with one attached hydrogen (secondary N) is 3. The largest absolute Gasteiger partial charge is 0.445 e. The molecule has 0 aliphatic carbocycles. The number of nitrogens with zero attached hydrogens (tertiary/aromatic N) is 2. The molecule has 1 unspecified atom stereocenters. The Kier molecular flexibility index (Phi) is 8.68. The number of amides is 3. The minimum Gasteiger partial charge on any atom is -0.445 e. The predicted octanol–water partition coefficient (Wildman–Crippen LogP) is 5.34. The van der Waals surface area contributed by atoms with Crippen LogP contribution in [-0.2, 0) is 4.74 Å². The Morgan fingerprint density at radius 1 is 1.13 bits per heavy atom. The molecule has 160 valence electrons. The van der Waals surface area contributed by atoms with Crippen LogP contribution in [0.2, 0.25) is 5.02 Å². The van der Waals surface area contributed by atoms with Crippen molar-refractivity contribution in [1.82, 2.24) is 5.32 Å². The highest BCUT2D eigenvalue weighted by Crippen LogP contribution is 2.21. The van der Waals surface area contributed by atoms with Crippen LogP contribution < -0.4 is 16.0 Å². The maximum absolute atomic E-state index is 12.3. The van der Waals surface area contributed by atoms with Crippen molar-refractivity contribution in [3.05, 3.63) is 58.6 Å². The van der Waals surface area contributed by atoms with Crippen molar-refractivity contribution in [1.29, 1.82) is 10.5 Å². The van der Waals surface area contributed by atoms with E-state index in [9.17, 15) is 9.59 Å². The molecule has 3 N–H and O–H groups in total. The first-order valence-corrected chi connectivity index (χ1v) is 9.95. The lowest BCUT2D eigenvalue weighted by Gasteiger charge is -2.18. The Labute approximate surface area is 185 Å². The summed E-state index contributed by atoms with van der Waals surface area (Å²) in [6, 6.07) is 14.6. The van der Waals surface area contributed by atoms with Gasteiger partial charge in [-0.15, -0.1) is 0 Å². The highest BCUT2D eigenvalue weighted by atomic mass is 35.5. The van der Waals surface area contributed by atoms with Crippen LogP contribution >= 0.6 is 11.6 Å². The van der Waals surface area contributed by atoms with Crippen LogP contribution in [0.25, 0.3) is 0 Å². The van der Waals surface area contributed by atoms with Crippen molar-refractivity contribution in [2.75, 3.05) is 10.6 Å². The SMILES string of the molecule is CCC(CC#N)OC(=O)N[C@@H](C)c1cccc(NC(=O)Nc2ccc(C#N)c(Cl)c2)c1. The lowest BCUT2D eigenvalue weighted by atomic mass is 10.1. The van der Waals surface area contributed by atoms with E-state index in [-0.39, 0.29) is 17.5 Å². The fourth-order valence-corrected chi connectivity index (χ4v) is 2.90. The van der Waals surface area contributed by atoms with Gasteiger partial charge in [0, 0.05) is 11.4 Å². The minimum atomic E-state index is -0.608. The van der Waals surface area contributed by atoms with Gasteiger partial charge in [0.1, 0.15) is 12.2 Å². The van der Waals surface area contributed by atoms with E-state index in [1.54, 1.807) is 37.3 Å². The predicted molar refractivity (Wildman–Crippen MR) is 118 cm³/mol. The lowest BCUT2D eigenvalue weighted by Crippen LogP contribution is -2.31. The molecule has 2 atom stereocenters. The number of carbonyl (C=O) groups is 2. The molecule has 2 rings (SSSR count). The molecule has 0 fully saturated rings. The fraction of sp³-hybridized carbons (Fsp3) is 0.273. The third kappa shape index (κ3) is 7.22. The molecule has 0 aliphatic heterocycles. The lowest BCUT2D eigenvalue weighted by molar-refractivity contribution is 0.0950. The molecular weight excluding hydrogens is 418 g/mol. The number of benzene rings is 2. The Morgan fingerprint density at radius 2 is 1.84 bits per heavy atom. The van der Waals surface area contributed by atoms with Crippen LogP contribution in [0, 0.1) is 22.7 Å². The molecule has 0 heterocycles. The van der Waals surface area contributed by atoms with E-state index in [4.69, 9.17) is 26.9 Å². The van der Waals surface area contributed by atoms with Crippen LogP contribution in [0.15, 0.2) is 42.5 Å². The molecule has 8 nitrogen and oxygen atoms in total. The first-order chi connectivity index (χ1) is 14.9. The van der Waals surface area contributed by atoms with Gasteiger partial charge < -0.3 is 20.7 Å². The third-order valence-electron chi connectivity index (χ3n) is 4.37. The van der Waals surface area contributed by atoms with Gasteiger partial charge in [-0.2, -0.15) is 10.5 Å².